The number of ether oxygens (including phenoxy) is 1. The number of halogens is 1. The summed E-state index contributed by atoms with van der Waals surface area (Å²) in [5.74, 6) is -1.14. The van der Waals surface area contributed by atoms with Crippen molar-refractivity contribution in [2.75, 3.05) is 0 Å². The van der Waals surface area contributed by atoms with Crippen molar-refractivity contribution >= 4 is 22.8 Å². The van der Waals surface area contributed by atoms with Gasteiger partial charge in [0.25, 0.3) is 5.91 Å². The molecule has 1 unspecified atom stereocenters. The molecule has 0 fully saturated rings. The molecule has 1 aromatic heterocycles. The minimum atomic E-state index is -0.534. The Hall–Kier alpha value is -3.15. The Balaban J connectivity index is 1.81. The summed E-state index contributed by atoms with van der Waals surface area (Å²) in [4.78, 5) is 27.8. The molecule has 0 spiro atoms. The maximum Gasteiger partial charge on any atom is 0.308 e. The molecule has 2 aromatic carbocycles. The second-order valence-electron chi connectivity index (χ2n) is 6.59. The van der Waals surface area contributed by atoms with Gasteiger partial charge < -0.3 is 15.0 Å². The van der Waals surface area contributed by atoms with E-state index < -0.39 is 12.0 Å². The Kier molecular flexibility index (Phi) is 5.54. The van der Waals surface area contributed by atoms with E-state index in [1.54, 1.807) is 26.0 Å². The molecule has 0 saturated heterocycles. The zero-order valence-corrected chi connectivity index (χ0v) is 15.2. The van der Waals surface area contributed by atoms with Crippen molar-refractivity contribution in [3.8, 4) is 0 Å². The smallest absolute Gasteiger partial charge is 0.308 e. The molecular formula is C21H21FN2O3. The summed E-state index contributed by atoms with van der Waals surface area (Å²) in [6.45, 7) is 3.55. The van der Waals surface area contributed by atoms with Gasteiger partial charge in [0.1, 0.15) is 11.5 Å². The number of benzene rings is 2. The number of esters is 1. The molecule has 3 rings (SSSR count). The highest BCUT2D eigenvalue weighted by molar-refractivity contribution is 5.98. The van der Waals surface area contributed by atoms with E-state index >= 15 is 0 Å². The molecule has 3 aromatic rings. The molecule has 1 heterocycles. The van der Waals surface area contributed by atoms with E-state index in [1.165, 1.54) is 12.1 Å². The topological polar surface area (TPSA) is 71.2 Å². The lowest BCUT2D eigenvalue weighted by Gasteiger charge is -2.19. The van der Waals surface area contributed by atoms with Crippen molar-refractivity contribution in [2.24, 2.45) is 0 Å². The van der Waals surface area contributed by atoms with Crippen molar-refractivity contribution in [3.63, 3.8) is 0 Å². The molecular weight excluding hydrogens is 347 g/mol. The van der Waals surface area contributed by atoms with Gasteiger partial charge >= 0.3 is 5.97 Å². The van der Waals surface area contributed by atoms with Gasteiger partial charge in [0.2, 0.25) is 0 Å². The summed E-state index contributed by atoms with van der Waals surface area (Å²) in [6, 6.07) is 14.5. The maximum atomic E-state index is 13.4. The third-order valence-electron chi connectivity index (χ3n) is 4.07. The third kappa shape index (κ3) is 4.73. The van der Waals surface area contributed by atoms with Gasteiger partial charge in [0.05, 0.1) is 18.6 Å². The largest absolute Gasteiger partial charge is 0.463 e. The lowest BCUT2D eigenvalue weighted by molar-refractivity contribution is -0.147. The van der Waals surface area contributed by atoms with Crippen LogP contribution in [0.25, 0.3) is 10.9 Å². The first kappa shape index (κ1) is 18.6. The fourth-order valence-corrected chi connectivity index (χ4v) is 2.88. The predicted molar refractivity (Wildman–Crippen MR) is 101 cm³/mol. The van der Waals surface area contributed by atoms with Gasteiger partial charge in [-0.3, -0.25) is 9.59 Å². The summed E-state index contributed by atoms with van der Waals surface area (Å²) in [7, 11) is 0. The van der Waals surface area contributed by atoms with Crippen LogP contribution >= 0.6 is 0 Å². The maximum absolute atomic E-state index is 13.4. The molecule has 6 heteroatoms. The van der Waals surface area contributed by atoms with Crippen molar-refractivity contribution in [1.29, 1.82) is 0 Å². The minimum absolute atomic E-state index is 0.0167. The van der Waals surface area contributed by atoms with Crippen LogP contribution in [0, 0.1) is 5.82 Å². The van der Waals surface area contributed by atoms with Gasteiger partial charge in [-0.15, -0.1) is 0 Å². The van der Waals surface area contributed by atoms with Crippen LogP contribution < -0.4 is 5.32 Å². The molecule has 0 aliphatic heterocycles. The quantitative estimate of drug-likeness (QED) is 0.643. The number of amides is 1. The van der Waals surface area contributed by atoms with E-state index in [-0.39, 0.29) is 24.2 Å². The van der Waals surface area contributed by atoms with E-state index in [0.717, 1.165) is 5.56 Å². The number of H-pyrrole nitrogens is 1. The molecule has 140 valence electrons. The number of hydrogen-bond acceptors (Lipinski definition) is 3. The molecule has 0 aliphatic rings. The summed E-state index contributed by atoms with van der Waals surface area (Å²) >= 11 is 0. The molecule has 0 radical (unpaired) electrons. The second kappa shape index (κ2) is 8.03. The van der Waals surface area contributed by atoms with E-state index in [1.807, 2.05) is 30.3 Å². The third-order valence-corrected chi connectivity index (χ3v) is 4.07. The van der Waals surface area contributed by atoms with Gasteiger partial charge in [-0.2, -0.15) is 0 Å². The molecule has 27 heavy (non-hydrogen) atoms. The number of rotatable bonds is 6. The Morgan fingerprint density at radius 2 is 1.85 bits per heavy atom. The second-order valence-corrected chi connectivity index (χ2v) is 6.59. The van der Waals surface area contributed by atoms with E-state index in [9.17, 15) is 14.0 Å². The summed E-state index contributed by atoms with van der Waals surface area (Å²) in [5.41, 5.74) is 1.76. The van der Waals surface area contributed by atoms with Crippen LogP contribution in [0.4, 0.5) is 4.39 Å². The number of carbonyl (C=O) groups is 2. The van der Waals surface area contributed by atoms with Gasteiger partial charge in [0.15, 0.2) is 0 Å². The van der Waals surface area contributed by atoms with Crippen molar-refractivity contribution < 1.29 is 18.7 Å². The molecule has 0 saturated carbocycles. The van der Waals surface area contributed by atoms with Gasteiger partial charge in [-0.25, -0.2) is 4.39 Å². The summed E-state index contributed by atoms with van der Waals surface area (Å²) in [6.07, 6.45) is -0.212. The van der Waals surface area contributed by atoms with Crippen LogP contribution in [0.1, 0.15) is 42.4 Å². The van der Waals surface area contributed by atoms with Gasteiger partial charge in [-0.05, 0) is 43.7 Å². The molecule has 5 nitrogen and oxygen atoms in total. The number of carbonyl (C=O) groups excluding carboxylic acids is 2. The molecule has 0 bridgehead atoms. The Bertz CT molecular complexity index is 950. The monoisotopic (exact) mass is 368 g/mol. The van der Waals surface area contributed by atoms with Gasteiger partial charge in [0, 0.05) is 10.9 Å². The highest BCUT2D eigenvalue weighted by Gasteiger charge is 2.21. The molecule has 2 N–H and O–H groups in total. The first-order chi connectivity index (χ1) is 12.9. The molecule has 1 amide bonds. The van der Waals surface area contributed by atoms with Crippen molar-refractivity contribution in [1.82, 2.24) is 10.3 Å². The van der Waals surface area contributed by atoms with Crippen molar-refractivity contribution in [2.45, 2.75) is 32.4 Å². The van der Waals surface area contributed by atoms with Crippen LogP contribution in [0.3, 0.4) is 0 Å². The predicted octanol–water partition coefficient (Wildman–Crippen LogP) is 4.12. The first-order valence-corrected chi connectivity index (χ1v) is 8.76. The normalized spacial score (nSPS) is 12.1. The lowest BCUT2D eigenvalue weighted by atomic mass is 10.0. The number of hydrogen-bond donors (Lipinski definition) is 2. The minimum Gasteiger partial charge on any atom is -0.463 e. The van der Waals surface area contributed by atoms with Crippen LogP contribution in [0.2, 0.25) is 0 Å². The van der Waals surface area contributed by atoms with Crippen LogP contribution in [0.5, 0.6) is 0 Å². The number of aromatic amines is 1. The standard InChI is InChI=1S/C21H21FN2O3/c1-13(2)27-20(25)12-18(14-6-4-3-5-7-14)24-21(26)19-11-15-10-16(22)8-9-17(15)23-19/h3-11,13,18,23H,12H2,1-2H3,(H,24,26). The Morgan fingerprint density at radius 3 is 2.56 bits per heavy atom. The average Bonchev–Trinajstić information content (AvgIpc) is 3.04. The van der Waals surface area contributed by atoms with E-state index in [2.05, 4.69) is 10.3 Å². The van der Waals surface area contributed by atoms with Crippen LogP contribution in [-0.2, 0) is 9.53 Å². The first-order valence-electron chi connectivity index (χ1n) is 8.76. The fraction of sp³-hybridized carbons (Fsp3) is 0.238. The summed E-state index contributed by atoms with van der Waals surface area (Å²) < 4.78 is 18.6. The molecule has 1 atom stereocenters. The zero-order valence-electron chi connectivity index (χ0n) is 15.2. The van der Waals surface area contributed by atoms with Crippen LogP contribution in [0.15, 0.2) is 54.6 Å². The Labute approximate surface area is 156 Å². The highest BCUT2D eigenvalue weighted by atomic mass is 19.1. The molecule has 0 aliphatic carbocycles. The SMILES string of the molecule is CC(C)OC(=O)CC(NC(=O)c1cc2cc(F)ccc2[nH]1)c1ccccc1. The zero-order chi connectivity index (χ0) is 19.4. The number of nitrogens with one attached hydrogen (secondary N) is 2. The number of fused-ring (bicyclic) bond motifs is 1. The van der Waals surface area contributed by atoms with Crippen molar-refractivity contribution in [3.05, 3.63) is 71.7 Å². The Morgan fingerprint density at radius 1 is 1.11 bits per heavy atom. The van der Waals surface area contributed by atoms with E-state index in [4.69, 9.17) is 4.74 Å². The summed E-state index contributed by atoms with van der Waals surface area (Å²) in [5, 5.41) is 3.47. The van der Waals surface area contributed by atoms with Gasteiger partial charge in [-0.1, -0.05) is 30.3 Å². The fourth-order valence-electron chi connectivity index (χ4n) is 2.88. The number of aromatic nitrogens is 1. The van der Waals surface area contributed by atoms with Crippen LogP contribution in [-0.4, -0.2) is 23.0 Å². The lowest BCUT2D eigenvalue weighted by Crippen LogP contribution is -2.31. The highest BCUT2D eigenvalue weighted by Crippen LogP contribution is 2.20. The average molecular weight is 368 g/mol. The van der Waals surface area contributed by atoms with E-state index in [0.29, 0.717) is 16.6 Å².